The van der Waals surface area contributed by atoms with Gasteiger partial charge in [0.1, 0.15) is 0 Å². The van der Waals surface area contributed by atoms with Crippen molar-refractivity contribution in [2.75, 3.05) is 12.3 Å². The third kappa shape index (κ3) is 3.44. The second-order valence-electron chi connectivity index (χ2n) is 4.46. The van der Waals surface area contributed by atoms with Crippen molar-refractivity contribution in [2.45, 2.75) is 30.7 Å². The lowest BCUT2D eigenvalue weighted by Crippen LogP contribution is -2.24. The number of sulfone groups is 1. The van der Waals surface area contributed by atoms with Crippen molar-refractivity contribution in [3.8, 4) is 0 Å². The van der Waals surface area contributed by atoms with Gasteiger partial charge in [-0.05, 0) is 43.5 Å². The van der Waals surface area contributed by atoms with Crippen molar-refractivity contribution >= 4 is 21.4 Å². The third-order valence-electron chi connectivity index (χ3n) is 2.87. The highest BCUT2D eigenvalue weighted by Gasteiger charge is 2.22. The molecule has 94 valence electrons. The predicted molar refractivity (Wildman–Crippen MR) is 69.3 cm³/mol. The van der Waals surface area contributed by atoms with E-state index in [-0.39, 0.29) is 5.75 Å². The van der Waals surface area contributed by atoms with E-state index in [9.17, 15) is 8.42 Å². The lowest BCUT2D eigenvalue weighted by Gasteiger charge is -2.07. The standard InChI is InChI=1S/C12H16ClNO2S/c1-9-8-11(4-5-12(9)13)17(15,16)7-6-14-10-2-3-10/h4-5,8,10,14H,2-3,6-7H2,1H3. The molecule has 0 atom stereocenters. The Morgan fingerprint density at radius 3 is 2.71 bits per heavy atom. The molecule has 1 aliphatic carbocycles. The van der Waals surface area contributed by atoms with Gasteiger partial charge in [0.25, 0.3) is 0 Å². The summed E-state index contributed by atoms with van der Waals surface area (Å²) in [6.07, 6.45) is 2.33. The SMILES string of the molecule is Cc1cc(S(=O)(=O)CCNC2CC2)ccc1Cl. The average Bonchev–Trinajstić information content (AvgIpc) is 3.05. The monoisotopic (exact) mass is 273 g/mol. The van der Waals surface area contributed by atoms with Crippen LogP contribution in [-0.2, 0) is 9.84 Å². The van der Waals surface area contributed by atoms with Crippen LogP contribution in [0.4, 0.5) is 0 Å². The van der Waals surface area contributed by atoms with Crippen molar-refractivity contribution in [1.29, 1.82) is 0 Å². The van der Waals surface area contributed by atoms with Crippen LogP contribution in [0.3, 0.4) is 0 Å². The molecule has 0 bridgehead atoms. The quantitative estimate of drug-likeness (QED) is 0.894. The fourth-order valence-corrected chi connectivity index (χ4v) is 2.98. The lowest BCUT2D eigenvalue weighted by atomic mass is 10.2. The Kier molecular flexibility index (Phi) is 3.76. The maximum atomic E-state index is 12.0. The Labute approximate surface area is 107 Å². The van der Waals surface area contributed by atoms with Crippen molar-refractivity contribution in [2.24, 2.45) is 0 Å². The van der Waals surface area contributed by atoms with E-state index in [1.807, 2.05) is 6.92 Å². The Morgan fingerprint density at radius 2 is 2.12 bits per heavy atom. The first-order valence-electron chi connectivity index (χ1n) is 5.71. The fourth-order valence-electron chi connectivity index (χ4n) is 1.61. The van der Waals surface area contributed by atoms with E-state index in [1.165, 1.54) is 12.8 Å². The minimum atomic E-state index is -3.19. The molecule has 0 aliphatic heterocycles. The van der Waals surface area contributed by atoms with E-state index in [0.29, 0.717) is 22.5 Å². The van der Waals surface area contributed by atoms with E-state index >= 15 is 0 Å². The van der Waals surface area contributed by atoms with Gasteiger partial charge in [-0.3, -0.25) is 0 Å². The number of hydrogen-bond acceptors (Lipinski definition) is 3. The number of nitrogens with one attached hydrogen (secondary N) is 1. The number of rotatable bonds is 5. The first-order valence-corrected chi connectivity index (χ1v) is 7.74. The van der Waals surface area contributed by atoms with Gasteiger partial charge in [0, 0.05) is 17.6 Å². The van der Waals surface area contributed by atoms with Gasteiger partial charge in [-0.1, -0.05) is 11.6 Å². The molecule has 0 amide bonds. The molecule has 1 aliphatic rings. The molecule has 1 N–H and O–H groups in total. The summed E-state index contributed by atoms with van der Waals surface area (Å²) in [5, 5.41) is 3.80. The minimum Gasteiger partial charge on any atom is -0.313 e. The normalized spacial score (nSPS) is 16.1. The average molecular weight is 274 g/mol. The van der Waals surface area contributed by atoms with Crippen LogP contribution in [0.5, 0.6) is 0 Å². The minimum absolute atomic E-state index is 0.143. The van der Waals surface area contributed by atoms with Gasteiger partial charge in [-0.2, -0.15) is 0 Å². The van der Waals surface area contributed by atoms with Crippen LogP contribution in [0.1, 0.15) is 18.4 Å². The molecule has 0 saturated heterocycles. The first kappa shape index (κ1) is 12.9. The van der Waals surface area contributed by atoms with Crippen LogP contribution in [0.25, 0.3) is 0 Å². The van der Waals surface area contributed by atoms with Gasteiger partial charge in [-0.15, -0.1) is 0 Å². The number of benzene rings is 1. The molecular weight excluding hydrogens is 258 g/mol. The van der Waals surface area contributed by atoms with Crippen molar-refractivity contribution in [3.63, 3.8) is 0 Å². The number of hydrogen-bond donors (Lipinski definition) is 1. The summed E-state index contributed by atoms with van der Waals surface area (Å²) in [6, 6.07) is 5.38. The van der Waals surface area contributed by atoms with E-state index in [1.54, 1.807) is 18.2 Å². The molecule has 2 rings (SSSR count). The van der Waals surface area contributed by atoms with E-state index in [4.69, 9.17) is 11.6 Å². The molecule has 0 aromatic heterocycles. The van der Waals surface area contributed by atoms with Crippen molar-refractivity contribution in [3.05, 3.63) is 28.8 Å². The second-order valence-corrected chi connectivity index (χ2v) is 6.97. The lowest BCUT2D eigenvalue weighted by molar-refractivity contribution is 0.590. The smallest absolute Gasteiger partial charge is 0.179 e. The van der Waals surface area contributed by atoms with Gasteiger partial charge in [-0.25, -0.2) is 8.42 Å². The van der Waals surface area contributed by atoms with E-state index in [2.05, 4.69) is 5.32 Å². The predicted octanol–water partition coefficient (Wildman–Crippen LogP) is 2.17. The van der Waals surface area contributed by atoms with Crippen LogP contribution >= 0.6 is 11.6 Å². The Balaban J connectivity index is 2.04. The Hall–Kier alpha value is -0.580. The molecule has 1 aromatic rings. The largest absolute Gasteiger partial charge is 0.313 e. The molecule has 1 fully saturated rings. The maximum Gasteiger partial charge on any atom is 0.179 e. The van der Waals surface area contributed by atoms with Crippen molar-refractivity contribution in [1.82, 2.24) is 5.32 Å². The molecule has 17 heavy (non-hydrogen) atoms. The zero-order chi connectivity index (χ0) is 12.5. The Morgan fingerprint density at radius 1 is 1.41 bits per heavy atom. The highest BCUT2D eigenvalue weighted by Crippen LogP contribution is 2.21. The molecule has 0 radical (unpaired) electrons. The molecule has 0 spiro atoms. The highest BCUT2D eigenvalue weighted by molar-refractivity contribution is 7.91. The zero-order valence-corrected chi connectivity index (χ0v) is 11.3. The van der Waals surface area contributed by atoms with E-state index in [0.717, 1.165) is 5.56 Å². The van der Waals surface area contributed by atoms with Crippen LogP contribution < -0.4 is 5.32 Å². The maximum absolute atomic E-state index is 12.0. The highest BCUT2D eigenvalue weighted by atomic mass is 35.5. The summed E-state index contributed by atoms with van der Waals surface area (Å²) in [6.45, 7) is 2.33. The summed E-state index contributed by atoms with van der Waals surface area (Å²) in [7, 11) is -3.19. The topological polar surface area (TPSA) is 46.2 Å². The van der Waals surface area contributed by atoms with Gasteiger partial charge in [0.05, 0.1) is 10.6 Å². The molecule has 0 heterocycles. The first-order chi connectivity index (χ1) is 7.99. The molecular formula is C12H16ClNO2S. The van der Waals surface area contributed by atoms with E-state index < -0.39 is 9.84 Å². The number of halogens is 1. The van der Waals surface area contributed by atoms with Gasteiger partial charge < -0.3 is 5.32 Å². The summed E-state index contributed by atoms with van der Waals surface area (Å²) in [5.74, 6) is 0.143. The third-order valence-corrected chi connectivity index (χ3v) is 5.01. The summed E-state index contributed by atoms with van der Waals surface area (Å²) >= 11 is 5.88. The summed E-state index contributed by atoms with van der Waals surface area (Å²) < 4.78 is 24.0. The second kappa shape index (κ2) is 4.96. The molecule has 1 aromatic carbocycles. The van der Waals surface area contributed by atoms with Crippen molar-refractivity contribution < 1.29 is 8.42 Å². The number of aryl methyl sites for hydroxylation is 1. The van der Waals surface area contributed by atoms with Crippen LogP contribution in [0.15, 0.2) is 23.1 Å². The molecule has 1 saturated carbocycles. The zero-order valence-electron chi connectivity index (χ0n) is 9.74. The van der Waals surface area contributed by atoms with Crippen LogP contribution in [0.2, 0.25) is 5.02 Å². The van der Waals surface area contributed by atoms with Crippen LogP contribution in [0, 0.1) is 6.92 Å². The summed E-state index contributed by atoms with van der Waals surface area (Å²) in [4.78, 5) is 0.358. The van der Waals surface area contributed by atoms with Crippen LogP contribution in [-0.4, -0.2) is 26.8 Å². The Bertz CT molecular complexity index is 509. The molecule has 0 unspecified atom stereocenters. The van der Waals surface area contributed by atoms with Gasteiger partial charge in [0.15, 0.2) is 9.84 Å². The molecule has 3 nitrogen and oxygen atoms in total. The summed E-state index contributed by atoms with van der Waals surface area (Å²) in [5.41, 5.74) is 0.794. The van der Waals surface area contributed by atoms with Gasteiger partial charge in [0.2, 0.25) is 0 Å². The van der Waals surface area contributed by atoms with Gasteiger partial charge >= 0.3 is 0 Å². The molecule has 5 heteroatoms. The fraction of sp³-hybridized carbons (Fsp3) is 0.500.